The van der Waals surface area contributed by atoms with Crippen molar-refractivity contribution < 1.29 is 0 Å². The molecular formula is C35H19N3S. The lowest BCUT2D eigenvalue weighted by molar-refractivity contribution is 1.22. The van der Waals surface area contributed by atoms with E-state index in [0.717, 1.165) is 16.8 Å². The van der Waals surface area contributed by atoms with Crippen LogP contribution in [0, 0.1) is 0 Å². The summed E-state index contributed by atoms with van der Waals surface area (Å²) in [4.78, 5) is 5.13. The van der Waals surface area contributed by atoms with E-state index >= 15 is 0 Å². The Hall–Kier alpha value is -4.93. The molecule has 0 radical (unpaired) electrons. The van der Waals surface area contributed by atoms with Crippen LogP contribution in [0.25, 0.3) is 86.2 Å². The van der Waals surface area contributed by atoms with Crippen molar-refractivity contribution in [3.63, 3.8) is 0 Å². The maximum atomic E-state index is 5.13. The molecule has 6 aromatic carbocycles. The zero-order valence-electron chi connectivity index (χ0n) is 20.7. The summed E-state index contributed by atoms with van der Waals surface area (Å²) in [5.74, 6) is 0.970. The molecule has 0 fully saturated rings. The van der Waals surface area contributed by atoms with Crippen molar-refractivity contribution in [2.45, 2.75) is 0 Å². The van der Waals surface area contributed by atoms with Gasteiger partial charge in [-0.1, -0.05) is 60.7 Å². The van der Waals surface area contributed by atoms with Crippen molar-refractivity contribution in [2.24, 2.45) is 0 Å². The Kier molecular flexibility index (Phi) is 3.57. The molecule has 10 aromatic rings. The summed E-state index contributed by atoms with van der Waals surface area (Å²) in [7, 11) is 0. The van der Waals surface area contributed by atoms with Gasteiger partial charge in [-0.2, -0.15) is 0 Å². The number of thiophene rings is 1. The Labute approximate surface area is 226 Å². The number of fused-ring (bicyclic) bond motifs is 12. The van der Waals surface area contributed by atoms with Crippen LogP contribution in [0.2, 0.25) is 0 Å². The molecule has 0 aliphatic heterocycles. The number of nitrogens with zero attached hydrogens (tertiary/aromatic N) is 3. The lowest BCUT2D eigenvalue weighted by Gasteiger charge is -2.06. The second-order valence-electron chi connectivity index (χ2n) is 10.5. The summed E-state index contributed by atoms with van der Waals surface area (Å²) in [6.45, 7) is 0. The molecule has 180 valence electrons. The largest absolute Gasteiger partial charge is 0.277 e. The topological polar surface area (TPSA) is 21.7 Å². The first-order valence-electron chi connectivity index (χ1n) is 13.2. The smallest absolute Gasteiger partial charge is 0.220 e. The third kappa shape index (κ3) is 2.50. The lowest BCUT2D eigenvalue weighted by Crippen LogP contribution is -1.85. The highest BCUT2D eigenvalue weighted by molar-refractivity contribution is 7.25. The highest BCUT2D eigenvalue weighted by atomic mass is 32.1. The Morgan fingerprint density at radius 2 is 1.26 bits per heavy atom. The second-order valence-corrected chi connectivity index (χ2v) is 11.6. The van der Waals surface area contributed by atoms with Crippen LogP contribution >= 0.6 is 11.3 Å². The maximum absolute atomic E-state index is 5.13. The molecule has 0 atom stereocenters. The number of benzene rings is 6. The quantitative estimate of drug-likeness (QED) is 0.214. The van der Waals surface area contributed by atoms with E-state index in [9.17, 15) is 0 Å². The van der Waals surface area contributed by atoms with Gasteiger partial charge >= 0.3 is 0 Å². The van der Waals surface area contributed by atoms with Crippen LogP contribution in [-0.2, 0) is 0 Å². The van der Waals surface area contributed by atoms with Gasteiger partial charge in [0.15, 0.2) is 0 Å². The molecule has 0 saturated heterocycles. The number of rotatable bonds is 1. The monoisotopic (exact) mass is 513 g/mol. The molecule has 39 heavy (non-hydrogen) atoms. The number of hydrogen-bond acceptors (Lipinski definition) is 2. The molecule has 0 amide bonds. The van der Waals surface area contributed by atoms with Crippen LogP contribution in [0.3, 0.4) is 0 Å². The van der Waals surface area contributed by atoms with Crippen LogP contribution in [0.4, 0.5) is 0 Å². The van der Waals surface area contributed by atoms with Crippen molar-refractivity contribution in [1.29, 1.82) is 0 Å². The van der Waals surface area contributed by atoms with E-state index in [4.69, 9.17) is 4.98 Å². The van der Waals surface area contributed by atoms with Gasteiger partial charge in [0, 0.05) is 30.9 Å². The van der Waals surface area contributed by atoms with Crippen LogP contribution < -0.4 is 0 Å². The molecule has 10 rings (SSSR count). The van der Waals surface area contributed by atoms with Gasteiger partial charge in [-0.05, 0) is 76.5 Å². The fraction of sp³-hybridized carbons (Fsp3) is 0. The van der Waals surface area contributed by atoms with E-state index < -0.39 is 0 Å². The predicted octanol–water partition coefficient (Wildman–Crippen LogP) is 9.67. The molecule has 3 nitrogen and oxygen atoms in total. The van der Waals surface area contributed by atoms with Gasteiger partial charge in [-0.15, -0.1) is 11.3 Å². The highest BCUT2D eigenvalue weighted by Gasteiger charge is 2.22. The first kappa shape index (κ1) is 20.1. The Balaban J connectivity index is 1.40. The first-order chi connectivity index (χ1) is 19.3. The summed E-state index contributed by atoms with van der Waals surface area (Å²) < 4.78 is 7.37. The van der Waals surface area contributed by atoms with E-state index in [1.807, 2.05) is 11.3 Å². The van der Waals surface area contributed by atoms with Crippen LogP contribution in [0.1, 0.15) is 0 Å². The average Bonchev–Trinajstić information content (AvgIpc) is 3.71. The van der Waals surface area contributed by atoms with Gasteiger partial charge in [0.2, 0.25) is 5.78 Å². The number of imidazole rings is 2. The van der Waals surface area contributed by atoms with Crippen LogP contribution in [0.15, 0.2) is 115 Å². The van der Waals surface area contributed by atoms with Gasteiger partial charge in [0.05, 0.1) is 27.6 Å². The summed E-state index contributed by atoms with van der Waals surface area (Å²) in [6.07, 6.45) is 0. The van der Waals surface area contributed by atoms with Crippen LogP contribution in [0.5, 0.6) is 0 Å². The Bertz CT molecular complexity index is 2610. The molecule has 0 unspecified atom stereocenters. The van der Waals surface area contributed by atoms with Crippen molar-refractivity contribution in [1.82, 2.24) is 13.8 Å². The SMILES string of the molecule is c1ccc2cc3c(cc2c1)c1cc(-c2ccc4sc5ccccc5c4c2)cc2c1n3c1nc3ccccc3n21. The van der Waals surface area contributed by atoms with E-state index in [1.165, 1.54) is 69.4 Å². The minimum absolute atomic E-state index is 0.970. The summed E-state index contributed by atoms with van der Waals surface area (Å²) in [5.41, 5.74) is 8.26. The molecule has 0 aliphatic carbocycles. The van der Waals surface area contributed by atoms with Gasteiger partial charge in [-0.3, -0.25) is 8.80 Å². The zero-order valence-corrected chi connectivity index (χ0v) is 21.5. The van der Waals surface area contributed by atoms with Gasteiger partial charge in [-0.25, -0.2) is 4.98 Å². The predicted molar refractivity (Wildman–Crippen MR) is 166 cm³/mol. The molecule has 0 saturated carbocycles. The summed E-state index contributed by atoms with van der Waals surface area (Å²) in [5, 5.41) is 7.70. The van der Waals surface area contributed by atoms with Crippen molar-refractivity contribution in [2.75, 3.05) is 0 Å². The lowest BCUT2D eigenvalue weighted by atomic mass is 9.99. The highest BCUT2D eigenvalue weighted by Crippen LogP contribution is 2.42. The molecule has 0 N–H and O–H groups in total. The molecular weight excluding hydrogens is 494 g/mol. The standard InChI is InChI=1S/C35H19N3S/c1-2-8-21-18-30-25(15-20(21)7-1)27-17-23(22-13-14-33-26(16-22)24-9-3-6-12-32(24)39-33)19-31-34(27)38(30)35-36-28-10-4-5-11-29(28)37(31)35/h1-19H. The molecule has 4 heterocycles. The first-order valence-corrected chi connectivity index (χ1v) is 14.0. The van der Waals surface area contributed by atoms with Crippen molar-refractivity contribution in [3.05, 3.63) is 115 Å². The maximum Gasteiger partial charge on any atom is 0.220 e. The van der Waals surface area contributed by atoms with E-state index in [1.54, 1.807) is 0 Å². The second kappa shape index (κ2) is 6.93. The van der Waals surface area contributed by atoms with E-state index in [2.05, 4.69) is 124 Å². The van der Waals surface area contributed by atoms with Crippen molar-refractivity contribution >= 4 is 86.4 Å². The molecule has 0 bridgehead atoms. The van der Waals surface area contributed by atoms with Crippen LogP contribution in [-0.4, -0.2) is 13.8 Å². The van der Waals surface area contributed by atoms with E-state index in [-0.39, 0.29) is 0 Å². The number of aromatic nitrogens is 3. The number of para-hydroxylation sites is 2. The van der Waals surface area contributed by atoms with E-state index in [0.29, 0.717) is 0 Å². The Morgan fingerprint density at radius 3 is 2.21 bits per heavy atom. The van der Waals surface area contributed by atoms with Gasteiger partial charge in [0.1, 0.15) is 0 Å². The Morgan fingerprint density at radius 1 is 0.487 bits per heavy atom. The third-order valence-corrected chi connectivity index (χ3v) is 9.55. The summed E-state index contributed by atoms with van der Waals surface area (Å²) in [6, 6.07) is 42.2. The fourth-order valence-electron chi connectivity index (χ4n) is 6.66. The normalized spacial score (nSPS) is 12.6. The molecule has 0 spiro atoms. The average molecular weight is 514 g/mol. The molecule has 4 heteroatoms. The minimum Gasteiger partial charge on any atom is -0.277 e. The minimum atomic E-state index is 0.970. The summed E-state index contributed by atoms with van der Waals surface area (Å²) >= 11 is 1.87. The van der Waals surface area contributed by atoms with Crippen molar-refractivity contribution in [3.8, 4) is 11.1 Å². The molecule has 4 aromatic heterocycles. The van der Waals surface area contributed by atoms with Gasteiger partial charge in [0.25, 0.3) is 0 Å². The molecule has 0 aliphatic rings. The third-order valence-electron chi connectivity index (χ3n) is 8.40. The fourth-order valence-corrected chi connectivity index (χ4v) is 7.75. The van der Waals surface area contributed by atoms with Gasteiger partial charge < -0.3 is 0 Å². The number of hydrogen-bond donors (Lipinski definition) is 0. The zero-order chi connectivity index (χ0) is 25.2.